The van der Waals surface area contributed by atoms with E-state index in [0.717, 1.165) is 24.7 Å². The normalized spacial score (nSPS) is 40.9. The summed E-state index contributed by atoms with van der Waals surface area (Å²) in [6.07, 6.45) is 11.5. The molecule has 2 saturated heterocycles. The SMILES string of the molecule is CCNC1CC2CCCC(C1)N2C1(C)CCC1. The summed E-state index contributed by atoms with van der Waals surface area (Å²) < 4.78 is 0. The molecule has 2 atom stereocenters. The molecule has 2 heterocycles. The van der Waals surface area contributed by atoms with Gasteiger partial charge in [0.15, 0.2) is 0 Å². The average Bonchev–Trinajstić information content (AvgIpc) is 2.25. The summed E-state index contributed by atoms with van der Waals surface area (Å²) in [6.45, 7) is 5.91. The van der Waals surface area contributed by atoms with Crippen molar-refractivity contribution in [1.82, 2.24) is 10.2 Å². The van der Waals surface area contributed by atoms with Crippen molar-refractivity contribution in [3.63, 3.8) is 0 Å². The van der Waals surface area contributed by atoms with Crippen LogP contribution in [0.2, 0.25) is 0 Å². The van der Waals surface area contributed by atoms with Crippen molar-refractivity contribution < 1.29 is 0 Å². The molecule has 2 unspecified atom stereocenters. The zero-order valence-corrected chi connectivity index (χ0v) is 11.5. The van der Waals surface area contributed by atoms with Gasteiger partial charge in [0.05, 0.1) is 0 Å². The zero-order valence-electron chi connectivity index (χ0n) is 11.5. The van der Waals surface area contributed by atoms with E-state index in [1.165, 1.54) is 51.4 Å². The Bertz CT molecular complexity index is 258. The Kier molecular flexibility index (Phi) is 3.20. The number of nitrogens with one attached hydrogen (secondary N) is 1. The third-order valence-electron chi connectivity index (χ3n) is 5.52. The van der Waals surface area contributed by atoms with Gasteiger partial charge in [-0.1, -0.05) is 13.3 Å². The summed E-state index contributed by atoms with van der Waals surface area (Å²) in [5.41, 5.74) is 0.576. The van der Waals surface area contributed by atoms with Gasteiger partial charge in [0, 0.05) is 23.7 Å². The fourth-order valence-electron chi connectivity index (χ4n) is 4.66. The van der Waals surface area contributed by atoms with Gasteiger partial charge in [-0.25, -0.2) is 0 Å². The van der Waals surface area contributed by atoms with E-state index in [0.29, 0.717) is 5.54 Å². The lowest BCUT2D eigenvalue weighted by Crippen LogP contribution is -2.65. The fraction of sp³-hybridized carbons (Fsp3) is 1.00. The molecule has 1 aliphatic carbocycles. The van der Waals surface area contributed by atoms with Gasteiger partial charge in [0.25, 0.3) is 0 Å². The lowest BCUT2D eigenvalue weighted by molar-refractivity contribution is -0.0891. The first-order valence-electron chi connectivity index (χ1n) is 7.75. The van der Waals surface area contributed by atoms with Crippen LogP contribution in [0.3, 0.4) is 0 Å². The van der Waals surface area contributed by atoms with Gasteiger partial charge < -0.3 is 5.32 Å². The van der Waals surface area contributed by atoms with Gasteiger partial charge in [-0.2, -0.15) is 0 Å². The zero-order chi connectivity index (χ0) is 11.9. The van der Waals surface area contributed by atoms with E-state index in [4.69, 9.17) is 0 Å². The van der Waals surface area contributed by atoms with E-state index >= 15 is 0 Å². The highest BCUT2D eigenvalue weighted by Crippen LogP contribution is 2.46. The van der Waals surface area contributed by atoms with Crippen LogP contribution in [0.5, 0.6) is 0 Å². The molecule has 98 valence electrons. The predicted octanol–water partition coefficient (Wildman–Crippen LogP) is 2.92. The smallest absolute Gasteiger partial charge is 0.0187 e. The highest BCUT2D eigenvalue weighted by atomic mass is 15.3. The molecule has 3 fully saturated rings. The lowest BCUT2D eigenvalue weighted by Gasteiger charge is -2.60. The Balaban J connectivity index is 1.73. The number of rotatable bonds is 3. The minimum Gasteiger partial charge on any atom is -0.314 e. The number of hydrogen-bond acceptors (Lipinski definition) is 2. The molecule has 17 heavy (non-hydrogen) atoms. The minimum atomic E-state index is 0.576. The molecule has 2 bridgehead atoms. The summed E-state index contributed by atoms with van der Waals surface area (Å²) in [6, 6.07) is 2.57. The Morgan fingerprint density at radius 2 is 1.76 bits per heavy atom. The van der Waals surface area contributed by atoms with Gasteiger partial charge in [-0.15, -0.1) is 0 Å². The van der Waals surface area contributed by atoms with Crippen LogP contribution in [-0.4, -0.2) is 35.1 Å². The summed E-state index contributed by atoms with van der Waals surface area (Å²) >= 11 is 0. The molecular formula is C15H28N2. The Labute approximate surface area is 106 Å². The summed E-state index contributed by atoms with van der Waals surface area (Å²) in [4.78, 5) is 2.95. The van der Waals surface area contributed by atoms with E-state index in [2.05, 4.69) is 24.1 Å². The molecular weight excluding hydrogens is 208 g/mol. The number of fused-ring (bicyclic) bond motifs is 2. The van der Waals surface area contributed by atoms with E-state index in [1.54, 1.807) is 0 Å². The van der Waals surface area contributed by atoms with Gasteiger partial charge in [-0.3, -0.25) is 4.90 Å². The van der Waals surface area contributed by atoms with Crippen molar-refractivity contribution in [1.29, 1.82) is 0 Å². The lowest BCUT2D eigenvalue weighted by atomic mass is 9.70. The van der Waals surface area contributed by atoms with E-state index in [9.17, 15) is 0 Å². The van der Waals surface area contributed by atoms with Crippen LogP contribution in [0.25, 0.3) is 0 Å². The topological polar surface area (TPSA) is 15.3 Å². The third-order valence-corrected chi connectivity index (χ3v) is 5.52. The van der Waals surface area contributed by atoms with Crippen molar-refractivity contribution in [2.75, 3.05) is 6.54 Å². The Morgan fingerprint density at radius 1 is 1.12 bits per heavy atom. The van der Waals surface area contributed by atoms with Gasteiger partial charge in [0.1, 0.15) is 0 Å². The van der Waals surface area contributed by atoms with Crippen molar-refractivity contribution in [3.8, 4) is 0 Å². The second kappa shape index (κ2) is 4.55. The van der Waals surface area contributed by atoms with Crippen molar-refractivity contribution in [3.05, 3.63) is 0 Å². The Hall–Kier alpha value is -0.0800. The molecule has 0 aromatic heterocycles. The summed E-state index contributed by atoms with van der Waals surface area (Å²) in [5, 5.41) is 3.69. The van der Waals surface area contributed by atoms with Crippen LogP contribution in [0.4, 0.5) is 0 Å². The largest absolute Gasteiger partial charge is 0.314 e. The average molecular weight is 236 g/mol. The maximum atomic E-state index is 3.69. The molecule has 2 heteroatoms. The van der Waals surface area contributed by atoms with Gasteiger partial charge in [0.2, 0.25) is 0 Å². The van der Waals surface area contributed by atoms with Crippen LogP contribution >= 0.6 is 0 Å². The molecule has 2 nitrogen and oxygen atoms in total. The monoisotopic (exact) mass is 236 g/mol. The number of piperidine rings is 2. The maximum Gasteiger partial charge on any atom is 0.0187 e. The number of nitrogens with zero attached hydrogens (tertiary/aromatic N) is 1. The van der Waals surface area contributed by atoms with Gasteiger partial charge in [-0.05, 0) is 58.4 Å². The predicted molar refractivity (Wildman–Crippen MR) is 72.2 cm³/mol. The number of hydrogen-bond donors (Lipinski definition) is 1. The van der Waals surface area contributed by atoms with Crippen LogP contribution < -0.4 is 5.32 Å². The molecule has 0 aromatic carbocycles. The van der Waals surface area contributed by atoms with E-state index in [-0.39, 0.29) is 0 Å². The van der Waals surface area contributed by atoms with Crippen LogP contribution in [0.15, 0.2) is 0 Å². The first kappa shape index (κ1) is 12.0. The van der Waals surface area contributed by atoms with E-state index in [1.807, 2.05) is 0 Å². The van der Waals surface area contributed by atoms with Crippen molar-refractivity contribution in [2.24, 2.45) is 0 Å². The minimum absolute atomic E-state index is 0.576. The second-order valence-corrected chi connectivity index (χ2v) is 6.72. The highest BCUT2D eigenvalue weighted by molar-refractivity contribution is 5.05. The Morgan fingerprint density at radius 3 is 2.24 bits per heavy atom. The molecule has 1 saturated carbocycles. The molecule has 0 amide bonds. The molecule has 0 radical (unpaired) electrons. The molecule has 1 N–H and O–H groups in total. The molecule has 0 aromatic rings. The van der Waals surface area contributed by atoms with Crippen molar-refractivity contribution in [2.45, 2.75) is 88.9 Å². The maximum absolute atomic E-state index is 3.69. The second-order valence-electron chi connectivity index (χ2n) is 6.72. The van der Waals surface area contributed by atoms with Crippen LogP contribution in [-0.2, 0) is 0 Å². The highest BCUT2D eigenvalue weighted by Gasteiger charge is 2.48. The van der Waals surface area contributed by atoms with Crippen LogP contribution in [0, 0.1) is 0 Å². The molecule has 3 aliphatic rings. The third kappa shape index (κ3) is 2.04. The van der Waals surface area contributed by atoms with Crippen molar-refractivity contribution >= 4 is 0 Å². The molecule has 0 spiro atoms. The standard InChI is InChI=1S/C15H28N2/c1-3-16-12-10-13-6-4-7-14(11-12)17(13)15(2)8-5-9-15/h12-14,16H,3-11H2,1-2H3. The van der Waals surface area contributed by atoms with Gasteiger partial charge >= 0.3 is 0 Å². The summed E-state index contributed by atoms with van der Waals surface area (Å²) in [7, 11) is 0. The van der Waals surface area contributed by atoms with E-state index < -0.39 is 0 Å². The van der Waals surface area contributed by atoms with Crippen LogP contribution in [0.1, 0.15) is 65.2 Å². The first-order chi connectivity index (χ1) is 8.23. The quantitative estimate of drug-likeness (QED) is 0.810. The fourth-order valence-corrected chi connectivity index (χ4v) is 4.66. The summed E-state index contributed by atoms with van der Waals surface area (Å²) in [5.74, 6) is 0. The molecule has 2 aliphatic heterocycles. The first-order valence-corrected chi connectivity index (χ1v) is 7.75. The molecule has 3 rings (SSSR count).